The van der Waals surface area contributed by atoms with Crippen LogP contribution in [0.15, 0.2) is 23.3 Å². The fourth-order valence-corrected chi connectivity index (χ4v) is 4.35. The molecular weight excluding hydrogens is 359 g/mol. The molecule has 148 valence electrons. The summed E-state index contributed by atoms with van der Waals surface area (Å²) in [5.41, 5.74) is 1.30. The summed E-state index contributed by atoms with van der Waals surface area (Å²) in [5.74, 6) is -0.195. The molecule has 0 aromatic carbocycles. The molecule has 0 unspecified atom stereocenters. The van der Waals surface area contributed by atoms with E-state index >= 15 is 0 Å². The standard InChI is InChI=1S/C21H25FN4O2/c1-20(2,3)19-24-16-14(17(27)25-19)4-6-21(16)7-10-26(11-8-21)18(28)13-5-9-23-12-15(13)22/h5,9,12H,4,6-8,10-11H2,1-3H3,(H,24,25,27). The lowest BCUT2D eigenvalue weighted by Gasteiger charge is -2.39. The molecule has 2 aromatic rings. The van der Waals surface area contributed by atoms with Crippen LogP contribution in [-0.2, 0) is 17.3 Å². The molecule has 1 aliphatic carbocycles. The second-order valence-electron chi connectivity index (χ2n) is 8.92. The zero-order valence-corrected chi connectivity index (χ0v) is 16.5. The Labute approximate surface area is 163 Å². The minimum absolute atomic E-state index is 0.0378. The average Bonchev–Trinajstić information content (AvgIpc) is 3.00. The Morgan fingerprint density at radius 2 is 1.96 bits per heavy atom. The summed E-state index contributed by atoms with van der Waals surface area (Å²) < 4.78 is 13.9. The van der Waals surface area contributed by atoms with Gasteiger partial charge in [0, 0.05) is 35.7 Å². The topological polar surface area (TPSA) is 79.0 Å². The fourth-order valence-electron chi connectivity index (χ4n) is 4.35. The largest absolute Gasteiger partial charge is 0.338 e. The van der Waals surface area contributed by atoms with Crippen LogP contribution >= 0.6 is 0 Å². The van der Waals surface area contributed by atoms with Gasteiger partial charge in [-0.3, -0.25) is 14.6 Å². The molecule has 1 N–H and O–H groups in total. The molecule has 4 rings (SSSR count). The van der Waals surface area contributed by atoms with Crippen LogP contribution in [0.5, 0.6) is 0 Å². The van der Waals surface area contributed by atoms with Crippen LogP contribution in [0.25, 0.3) is 0 Å². The van der Waals surface area contributed by atoms with Gasteiger partial charge < -0.3 is 9.88 Å². The number of hydrogen-bond acceptors (Lipinski definition) is 4. The van der Waals surface area contributed by atoms with Gasteiger partial charge in [-0.2, -0.15) is 0 Å². The Morgan fingerprint density at radius 1 is 1.25 bits per heavy atom. The zero-order valence-electron chi connectivity index (χ0n) is 16.5. The maximum atomic E-state index is 13.9. The van der Waals surface area contributed by atoms with Crippen LogP contribution in [0.1, 0.15) is 67.5 Å². The maximum absolute atomic E-state index is 13.9. The number of carbonyl (C=O) groups is 1. The number of rotatable bonds is 1. The highest BCUT2D eigenvalue weighted by molar-refractivity contribution is 5.94. The molecule has 3 heterocycles. The van der Waals surface area contributed by atoms with E-state index < -0.39 is 5.82 Å². The molecule has 0 bridgehead atoms. The number of amides is 1. The van der Waals surface area contributed by atoms with Crippen molar-refractivity contribution in [1.29, 1.82) is 0 Å². The smallest absolute Gasteiger partial charge is 0.256 e. The molecular formula is C21H25FN4O2. The van der Waals surface area contributed by atoms with E-state index in [4.69, 9.17) is 4.98 Å². The number of aromatic amines is 1. The Morgan fingerprint density at radius 3 is 2.61 bits per heavy atom. The van der Waals surface area contributed by atoms with Crippen molar-refractivity contribution in [3.05, 3.63) is 57.3 Å². The minimum atomic E-state index is -0.595. The van der Waals surface area contributed by atoms with Gasteiger partial charge in [0.25, 0.3) is 11.5 Å². The first-order valence-electron chi connectivity index (χ1n) is 9.74. The molecule has 2 aromatic heterocycles. The molecule has 2 aliphatic rings. The van der Waals surface area contributed by atoms with Gasteiger partial charge in [-0.15, -0.1) is 0 Å². The highest BCUT2D eigenvalue weighted by Crippen LogP contribution is 2.44. The van der Waals surface area contributed by atoms with E-state index in [1.807, 2.05) is 20.8 Å². The van der Waals surface area contributed by atoms with Gasteiger partial charge in [0.2, 0.25) is 0 Å². The summed E-state index contributed by atoms with van der Waals surface area (Å²) >= 11 is 0. The number of fused-ring (bicyclic) bond motifs is 2. The molecule has 6 nitrogen and oxygen atoms in total. The molecule has 0 atom stereocenters. The van der Waals surface area contributed by atoms with E-state index in [1.165, 1.54) is 12.3 Å². The van der Waals surface area contributed by atoms with E-state index in [0.717, 1.165) is 43.1 Å². The lowest BCUT2D eigenvalue weighted by atomic mass is 9.76. The lowest BCUT2D eigenvalue weighted by Crippen LogP contribution is -2.45. The van der Waals surface area contributed by atoms with Gasteiger partial charge in [-0.1, -0.05) is 20.8 Å². The predicted octanol–water partition coefficient (Wildman–Crippen LogP) is 2.72. The van der Waals surface area contributed by atoms with E-state index in [-0.39, 0.29) is 27.9 Å². The van der Waals surface area contributed by atoms with Crippen molar-refractivity contribution in [1.82, 2.24) is 19.9 Å². The molecule has 7 heteroatoms. The first kappa shape index (κ1) is 18.8. The molecule has 1 saturated heterocycles. The van der Waals surface area contributed by atoms with Crippen molar-refractivity contribution < 1.29 is 9.18 Å². The number of likely N-dealkylation sites (tertiary alicyclic amines) is 1. The Bertz CT molecular complexity index is 985. The predicted molar refractivity (Wildman–Crippen MR) is 103 cm³/mol. The summed E-state index contributed by atoms with van der Waals surface area (Å²) in [5, 5.41) is 0. The van der Waals surface area contributed by atoms with Crippen LogP contribution in [0.4, 0.5) is 4.39 Å². The van der Waals surface area contributed by atoms with Crippen molar-refractivity contribution >= 4 is 5.91 Å². The lowest BCUT2D eigenvalue weighted by molar-refractivity contribution is 0.0658. The number of pyridine rings is 1. The molecule has 1 amide bonds. The SMILES string of the molecule is CC(C)(C)c1nc2c(c(=O)[nH]1)CCC21CCN(C(=O)c2ccncc2F)CC1. The quantitative estimate of drug-likeness (QED) is 0.820. The van der Waals surface area contributed by atoms with Gasteiger partial charge in [0.1, 0.15) is 5.82 Å². The maximum Gasteiger partial charge on any atom is 0.256 e. The van der Waals surface area contributed by atoms with Gasteiger partial charge in [0.05, 0.1) is 17.5 Å². The number of aromatic nitrogens is 3. The number of hydrogen-bond donors (Lipinski definition) is 1. The monoisotopic (exact) mass is 384 g/mol. The number of halogens is 1. The highest BCUT2D eigenvalue weighted by atomic mass is 19.1. The number of nitrogens with one attached hydrogen (secondary N) is 1. The summed E-state index contributed by atoms with van der Waals surface area (Å²) in [4.78, 5) is 38.5. The number of carbonyl (C=O) groups excluding carboxylic acids is 1. The summed E-state index contributed by atoms with van der Waals surface area (Å²) in [6, 6.07) is 1.42. The first-order valence-corrected chi connectivity index (χ1v) is 9.74. The second kappa shape index (κ2) is 6.50. The molecule has 0 saturated carbocycles. The summed E-state index contributed by atoms with van der Waals surface area (Å²) in [6.45, 7) is 7.15. The van der Waals surface area contributed by atoms with Crippen molar-refractivity contribution in [3.8, 4) is 0 Å². The summed E-state index contributed by atoms with van der Waals surface area (Å²) in [6.07, 6.45) is 5.55. The van der Waals surface area contributed by atoms with Gasteiger partial charge in [-0.05, 0) is 31.7 Å². The fraction of sp³-hybridized carbons (Fsp3) is 0.524. The Kier molecular flexibility index (Phi) is 4.36. The van der Waals surface area contributed by atoms with Gasteiger partial charge >= 0.3 is 0 Å². The third-order valence-electron chi connectivity index (χ3n) is 6.09. The van der Waals surface area contributed by atoms with E-state index in [1.54, 1.807) is 4.90 Å². The molecule has 0 radical (unpaired) electrons. The van der Waals surface area contributed by atoms with Gasteiger partial charge in [-0.25, -0.2) is 9.37 Å². The van der Waals surface area contributed by atoms with E-state index in [2.05, 4.69) is 9.97 Å². The number of piperidine rings is 1. The van der Waals surface area contributed by atoms with Crippen LogP contribution in [0.2, 0.25) is 0 Å². The first-order chi connectivity index (χ1) is 13.2. The number of nitrogens with zero attached hydrogens (tertiary/aromatic N) is 3. The van der Waals surface area contributed by atoms with Crippen molar-refractivity contribution in [3.63, 3.8) is 0 Å². The van der Waals surface area contributed by atoms with Crippen molar-refractivity contribution in [2.45, 2.75) is 57.3 Å². The van der Waals surface area contributed by atoms with E-state index in [0.29, 0.717) is 18.9 Å². The van der Waals surface area contributed by atoms with Crippen molar-refractivity contribution in [2.75, 3.05) is 13.1 Å². The van der Waals surface area contributed by atoms with Gasteiger partial charge in [0.15, 0.2) is 5.82 Å². The Hall–Kier alpha value is -2.57. The van der Waals surface area contributed by atoms with Crippen LogP contribution < -0.4 is 5.56 Å². The molecule has 1 spiro atoms. The zero-order chi connectivity index (χ0) is 20.1. The average molecular weight is 384 g/mol. The second-order valence-corrected chi connectivity index (χ2v) is 8.92. The summed E-state index contributed by atoms with van der Waals surface area (Å²) in [7, 11) is 0. The third kappa shape index (κ3) is 3.02. The Balaban J connectivity index is 1.60. The van der Waals surface area contributed by atoms with Crippen LogP contribution in [0.3, 0.4) is 0 Å². The van der Waals surface area contributed by atoms with Crippen LogP contribution in [-0.4, -0.2) is 38.8 Å². The minimum Gasteiger partial charge on any atom is -0.338 e. The van der Waals surface area contributed by atoms with E-state index in [9.17, 15) is 14.0 Å². The highest BCUT2D eigenvalue weighted by Gasteiger charge is 2.45. The normalized spacial score (nSPS) is 18.4. The number of H-pyrrole nitrogens is 1. The van der Waals surface area contributed by atoms with Crippen molar-refractivity contribution in [2.24, 2.45) is 0 Å². The molecule has 1 aliphatic heterocycles. The molecule has 28 heavy (non-hydrogen) atoms. The van der Waals surface area contributed by atoms with Crippen LogP contribution in [0, 0.1) is 5.82 Å². The molecule has 1 fully saturated rings. The third-order valence-corrected chi connectivity index (χ3v) is 6.09.